The van der Waals surface area contributed by atoms with E-state index in [1.807, 2.05) is 23.9 Å². The molecule has 0 bridgehead atoms. The minimum atomic E-state index is -0.238. The smallest absolute Gasteiger partial charge is 0.321 e. The Morgan fingerprint density at radius 3 is 3.05 bits per heavy atom. The number of amides is 2. The fourth-order valence-electron chi connectivity index (χ4n) is 1.87. The molecule has 0 spiro atoms. The molecule has 0 radical (unpaired) electrons. The molecule has 2 aromatic rings. The average Bonchev–Trinajstić information content (AvgIpc) is 2.91. The SMILES string of the molecule is CSC1(CNC(=O)Nc2nnc(/C=C/c3ccco3)s2)CC1. The number of rotatable bonds is 6. The van der Waals surface area contributed by atoms with Crippen LogP contribution in [-0.4, -0.2) is 33.8 Å². The summed E-state index contributed by atoms with van der Waals surface area (Å²) in [6, 6.07) is 3.43. The Morgan fingerprint density at radius 1 is 1.50 bits per heavy atom. The van der Waals surface area contributed by atoms with Gasteiger partial charge in [0.05, 0.1) is 6.26 Å². The zero-order chi connectivity index (χ0) is 15.4. The van der Waals surface area contributed by atoms with Crippen molar-refractivity contribution >= 4 is 46.4 Å². The highest BCUT2D eigenvalue weighted by atomic mass is 32.2. The van der Waals surface area contributed by atoms with Crippen LogP contribution in [0.3, 0.4) is 0 Å². The minimum Gasteiger partial charge on any atom is -0.465 e. The lowest BCUT2D eigenvalue weighted by molar-refractivity contribution is 0.252. The van der Waals surface area contributed by atoms with Gasteiger partial charge in [-0.3, -0.25) is 5.32 Å². The van der Waals surface area contributed by atoms with Gasteiger partial charge in [-0.1, -0.05) is 11.3 Å². The first-order chi connectivity index (χ1) is 10.7. The summed E-state index contributed by atoms with van der Waals surface area (Å²) in [5, 5.41) is 14.7. The first-order valence-corrected chi connectivity index (χ1v) is 8.88. The topological polar surface area (TPSA) is 80.0 Å². The maximum atomic E-state index is 11.8. The standard InChI is InChI=1S/C14H16N4O2S2/c1-21-14(6-7-14)9-15-12(19)16-13-18-17-11(22-13)5-4-10-3-2-8-20-10/h2-5,8H,6-7,9H2,1H3,(H2,15,16,18,19)/b5-4+. The second kappa shape index (κ2) is 6.53. The number of hydrogen-bond acceptors (Lipinski definition) is 6. The molecule has 1 saturated carbocycles. The Bertz CT molecular complexity index is 662. The number of thioether (sulfide) groups is 1. The van der Waals surface area contributed by atoms with Crippen molar-refractivity contribution in [3.05, 3.63) is 29.2 Å². The highest BCUT2D eigenvalue weighted by molar-refractivity contribution is 8.00. The van der Waals surface area contributed by atoms with Crippen LogP contribution in [0.25, 0.3) is 12.2 Å². The third-order valence-electron chi connectivity index (χ3n) is 3.41. The number of urea groups is 1. The van der Waals surface area contributed by atoms with Crippen molar-refractivity contribution < 1.29 is 9.21 Å². The fraction of sp³-hybridized carbons (Fsp3) is 0.357. The van der Waals surface area contributed by atoms with Crippen molar-refractivity contribution in [1.82, 2.24) is 15.5 Å². The predicted molar refractivity (Wildman–Crippen MR) is 90.0 cm³/mol. The third kappa shape index (κ3) is 3.89. The number of anilines is 1. The molecule has 1 aliphatic carbocycles. The van der Waals surface area contributed by atoms with E-state index >= 15 is 0 Å². The van der Waals surface area contributed by atoms with Gasteiger partial charge in [0.15, 0.2) is 0 Å². The summed E-state index contributed by atoms with van der Waals surface area (Å²) in [7, 11) is 0. The molecular weight excluding hydrogens is 320 g/mol. The van der Waals surface area contributed by atoms with Crippen LogP contribution in [0.5, 0.6) is 0 Å². The van der Waals surface area contributed by atoms with E-state index in [0.717, 1.165) is 18.6 Å². The highest BCUT2D eigenvalue weighted by Gasteiger charge is 2.41. The summed E-state index contributed by atoms with van der Waals surface area (Å²) in [6.07, 6.45) is 9.61. The van der Waals surface area contributed by atoms with Gasteiger partial charge in [-0.05, 0) is 43.4 Å². The molecule has 0 aliphatic heterocycles. The number of carbonyl (C=O) groups is 1. The summed E-state index contributed by atoms with van der Waals surface area (Å²) >= 11 is 3.12. The molecule has 2 N–H and O–H groups in total. The number of nitrogens with one attached hydrogen (secondary N) is 2. The molecule has 0 aromatic carbocycles. The lowest BCUT2D eigenvalue weighted by atomic mass is 10.4. The van der Waals surface area contributed by atoms with Crippen LogP contribution < -0.4 is 10.6 Å². The van der Waals surface area contributed by atoms with Crippen molar-refractivity contribution in [3.63, 3.8) is 0 Å². The van der Waals surface area contributed by atoms with Crippen molar-refractivity contribution in [2.75, 3.05) is 18.1 Å². The van der Waals surface area contributed by atoms with Gasteiger partial charge in [0.2, 0.25) is 5.13 Å². The van der Waals surface area contributed by atoms with E-state index in [-0.39, 0.29) is 10.8 Å². The van der Waals surface area contributed by atoms with Gasteiger partial charge in [0.1, 0.15) is 10.8 Å². The van der Waals surface area contributed by atoms with E-state index in [1.165, 1.54) is 11.3 Å². The Hall–Kier alpha value is -1.80. The van der Waals surface area contributed by atoms with Gasteiger partial charge in [-0.25, -0.2) is 4.79 Å². The lowest BCUT2D eigenvalue weighted by Gasteiger charge is -2.12. The Balaban J connectivity index is 1.49. The predicted octanol–water partition coefficient (Wildman–Crippen LogP) is 3.32. The van der Waals surface area contributed by atoms with Crippen LogP contribution in [0, 0.1) is 0 Å². The number of nitrogens with zero attached hydrogens (tertiary/aromatic N) is 2. The molecule has 2 aromatic heterocycles. The fourth-order valence-corrected chi connectivity index (χ4v) is 3.24. The molecule has 1 aliphatic rings. The van der Waals surface area contributed by atoms with Crippen molar-refractivity contribution in [2.45, 2.75) is 17.6 Å². The summed E-state index contributed by atoms with van der Waals surface area (Å²) in [4.78, 5) is 11.8. The monoisotopic (exact) mass is 336 g/mol. The molecule has 6 nitrogen and oxygen atoms in total. The first kappa shape index (κ1) is 15.1. The van der Waals surface area contributed by atoms with Gasteiger partial charge in [-0.2, -0.15) is 11.8 Å². The molecule has 0 saturated heterocycles. The highest BCUT2D eigenvalue weighted by Crippen LogP contribution is 2.46. The summed E-state index contributed by atoms with van der Waals surface area (Å²) < 4.78 is 5.44. The Labute approximate surface area is 136 Å². The molecule has 22 heavy (non-hydrogen) atoms. The summed E-state index contributed by atoms with van der Waals surface area (Å²) in [5.74, 6) is 0.745. The minimum absolute atomic E-state index is 0.238. The van der Waals surface area contributed by atoms with Crippen molar-refractivity contribution in [3.8, 4) is 0 Å². The largest absolute Gasteiger partial charge is 0.465 e. The molecule has 116 valence electrons. The number of furan rings is 1. The van der Waals surface area contributed by atoms with Gasteiger partial charge in [0, 0.05) is 11.3 Å². The second-order valence-electron chi connectivity index (χ2n) is 4.99. The van der Waals surface area contributed by atoms with E-state index in [4.69, 9.17) is 4.42 Å². The van der Waals surface area contributed by atoms with E-state index in [1.54, 1.807) is 18.4 Å². The van der Waals surface area contributed by atoms with Gasteiger partial charge < -0.3 is 9.73 Å². The quantitative estimate of drug-likeness (QED) is 0.846. The Morgan fingerprint density at radius 2 is 2.36 bits per heavy atom. The molecule has 3 rings (SSSR count). The third-order valence-corrected chi connectivity index (χ3v) is 5.63. The van der Waals surface area contributed by atoms with E-state index in [2.05, 4.69) is 27.1 Å². The average molecular weight is 336 g/mol. The van der Waals surface area contributed by atoms with E-state index in [9.17, 15) is 4.79 Å². The number of carbonyl (C=O) groups excluding carboxylic acids is 1. The molecule has 1 fully saturated rings. The summed E-state index contributed by atoms with van der Waals surface area (Å²) in [6.45, 7) is 0.685. The molecule has 2 amide bonds. The summed E-state index contributed by atoms with van der Waals surface area (Å²) in [5.41, 5.74) is 0. The molecule has 0 unspecified atom stereocenters. The maximum absolute atomic E-state index is 11.8. The lowest BCUT2D eigenvalue weighted by Crippen LogP contribution is -2.35. The number of aromatic nitrogens is 2. The van der Waals surface area contributed by atoms with Crippen LogP contribution in [0.2, 0.25) is 0 Å². The zero-order valence-corrected chi connectivity index (χ0v) is 13.7. The maximum Gasteiger partial charge on any atom is 0.321 e. The van der Waals surface area contributed by atoms with Crippen LogP contribution in [0.4, 0.5) is 9.93 Å². The molecule has 8 heteroatoms. The van der Waals surface area contributed by atoms with Gasteiger partial charge >= 0.3 is 6.03 Å². The molecule has 0 atom stereocenters. The van der Waals surface area contributed by atoms with Crippen LogP contribution in [-0.2, 0) is 0 Å². The second-order valence-corrected chi connectivity index (χ2v) is 7.27. The molecule has 2 heterocycles. The van der Waals surface area contributed by atoms with Crippen LogP contribution >= 0.6 is 23.1 Å². The Kier molecular flexibility index (Phi) is 4.49. The number of hydrogen-bond donors (Lipinski definition) is 2. The van der Waals surface area contributed by atoms with Crippen LogP contribution in [0.15, 0.2) is 22.8 Å². The molecular formula is C14H16N4O2S2. The van der Waals surface area contributed by atoms with Gasteiger partial charge in [0.25, 0.3) is 0 Å². The van der Waals surface area contributed by atoms with Gasteiger partial charge in [-0.15, -0.1) is 10.2 Å². The van der Waals surface area contributed by atoms with Crippen LogP contribution in [0.1, 0.15) is 23.6 Å². The van der Waals surface area contributed by atoms with E-state index < -0.39 is 0 Å². The van der Waals surface area contributed by atoms with Crippen molar-refractivity contribution in [2.24, 2.45) is 0 Å². The first-order valence-electron chi connectivity index (χ1n) is 6.84. The van der Waals surface area contributed by atoms with E-state index in [0.29, 0.717) is 16.7 Å². The van der Waals surface area contributed by atoms with Crippen molar-refractivity contribution in [1.29, 1.82) is 0 Å². The zero-order valence-electron chi connectivity index (χ0n) is 12.0. The normalized spacial score (nSPS) is 15.9.